The third kappa shape index (κ3) is 4.07. The molecule has 2 heterocycles. The van der Waals surface area contributed by atoms with E-state index < -0.39 is 0 Å². The van der Waals surface area contributed by atoms with Gasteiger partial charge in [-0.25, -0.2) is 0 Å². The van der Waals surface area contributed by atoms with Crippen LogP contribution in [0, 0.1) is 0 Å². The highest BCUT2D eigenvalue weighted by molar-refractivity contribution is 5.83. The van der Waals surface area contributed by atoms with Crippen molar-refractivity contribution in [3.63, 3.8) is 0 Å². The molecule has 4 heteroatoms. The molecule has 1 fully saturated rings. The summed E-state index contributed by atoms with van der Waals surface area (Å²) in [5.74, 6) is 0.242. The maximum Gasteiger partial charge on any atom is 0.230 e. The molecule has 2 atom stereocenters. The summed E-state index contributed by atoms with van der Waals surface area (Å²) in [5, 5.41) is 0. The first-order valence-corrected chi connectivity index (χ1v) is 9.18. The van der Waals surface area contributed by atoms with Gasteiger partial charge in [-0.05, 0) is 30.5 Å². The topological polar surface area (TPSA) is 36.4 Å². The number of pyridine rings is 1. The van der Waals surface area contributed by atoms with Crippen LogP contribution in [-0.2, 0) is 4.79 Å². The van der Waals surface area contributed by atoms with Gasteiger partial charge in [0.15, 0.2) is 0 Å². The average molecular weight is 337 g/mol. The molecule has 1 aliphatic heterocycles. The van der Waals surface area contributed by atoms with Gasteiger partial charge >= 0.3 is 0 Å². The second kappa shape index (κ2) is 8.26. The zero-order chi connectivity index (χ0) is 17.6. The molecule has 0 saturated carbocycles. The van der Waals surface area contributed by atoms with Gasteiger partial charge in [-0.2, -0.15) is 0 Å². The molecule has 1 aromatic carbocycles. The fraction of sp³-hybridized carbons (Fsp3) is 0.429. The lowest BCUT2D eigenvalue weighted by atomic mass is 9.94. The normalized spacial score (nSPS) is 17.9. The van der Waals surface area contributed by atoms with Gasteiger partial charge in [-0.3, -0.25) is 14.7 Å². The lowest BCUT2D eigenvalue weighted by Crippen LogP contribution is -2.50. The van der Waals surface area contributed by atoms with Crippen LogP contribution in [0.2, 0.25) is 0 Å². The van der Waals surface area contributed by atoms with E-state index in [2.05, 4.69) is 41.9 Å². The van der Waals surface area contributed by atoms with E-state index in [1.165, 1.54) is 5.56 Å². The van der Waals surface area contributed by atoms with Crippen molar-refractivity contribution < 1.29 is 4.79 Å². The van der Waals surface area contributed by atoms with Gasteiger partial charge < -0.3 is 4.90 Å². The van der Waals surface area contributed by atoms with Gasteiger partial charge in [0.2, 0.25) is 5.91 Å². The van der Waals surface area contributed by atoms with E-state index in [0.29, 0.717) is 6.04 Å². The van der Waals surface area contributed by atoms with Crippen molar-refractivity contribution >= 4 is 5.91 Å². The Morgan fingerprint density at radius 3 is 2.32 bits per heavy atom. The number of hydrogen-bond acceptors (Lipinski definition) is 3. The van der Waals surface area contributed by atoms with Crippen LogP contribution in [0.1, 0.15) is 43.4 Å². The van der Waals surface area contributed by atoms with Crippen molar-refractivity contribution in [3.05, 3.63) is 66.0 Å². The number of aromatic nitrogens is 1. The molecule has 3 rings (SSSR count). The van der Waals surface area contributed by atoms with Crippen molar-refractivity contribution in [2.24, 2.45) is 0 Å². The fourth-order valence-electron chi connectivity index (χ4n) is 3.62. The SMILES string of the molecule is CCC(C(=O)N1CCN(C(C)c2cccnc2)CC1)c1ccccc1. The summed E-state index contributed by atoms with van der Waals surface area (Å²) in [7, 11) is 0. The van der Waals surface area contributed by atoms with E-state index >= 15 is 0 Å². The van der Waals surface area contributed by atoms with E-state index in [9.17, 15) is 4.79 Å². The molecule has 0 bridgehead atoms. The van der Waals surface area contributed by atoms with Crippen LogP contribution in [0.15, 0.2) is 54.9 Å². The zero-order valence-electron chi connectivity index (χ0n) is 15.1. The van der Waals surface area contributed by atoms with Gasteiger partial charge in [0.25, 0.3) is 0 Å². The molecule has 1 amide bonds. The molecule has 132 valence electrons. The summed E-state index contributed by atoms with van der Waals surface area (Å²) in [4.78, 5) is 21.7. The third-order valence-corrected chi connectivity index (χ3v) is 5.25. The summed E-state index contributed by atoms with van der Waals surface area (Å²) in [5.41, 5.74) is 2.36. The largest absolute Gasteiger partial charge is 0.340 e. The molecule has 25 heavy (non-hydrogen) atoms. The summed E-state index contributed by atoms with van der Waals surface area (Å²) in [6, 6.07) is 14.6. The van der Waals surface area contributed by atoms with Crippen LogP contribution in [0.4, 0.5) is 0 Å². The van der Waals surface area contributed by atoms with Crippen molar-refractivity contribution in [3.8, 4) is 0 Å². The highest BCUT2D eigenvalue weighted by Crippen LogP contribution is 2.25. The Balaban J connectivity index is 1.61. The van der Waals surface area contributed by atoms with Crippen LogP contribution in [0.25, 0.3) is 0 Å². The molecule has 1 aliphatic rings. The van der Waals surface area contributed by atoms with Crippen LogP contribution in [0.5, 0.6) is 0 Å². The first-order valence-electron chi connectivity index (χ1n) is 9.18. The minimum atomic E-state index is -0.0245. The van der Waals surface area contributed by atoms with Gasteiger partial charge in [0.05, 0.1) is 5.92 Å². The van der Waals surface area contributed by atoms with Gasteiger partial charge in [-0.1, -0.05) is 43.3 Å². The summed E-state index contributed by atoms with van der Waals surface area (Å²) < 4.78 is 0. The molecule has 0 radical (unpaired) electrons. The Bertz CT molecular complexity index is 666. The summed E-state index contributed by atoms with van der Waals surface area (Å²) in [6.07, 6.45) is 4.58. The molecule has 2 aromatic rings. The number of piperazine rings is 1. The van der Waals surface area contributed by atoms with Crippen LogP contribution in [0.3, 0.4) is 0 Å². The molecule has 1 aromatic heterocycles. The Kier molecular flexibility index (Phi) is 5.82. The molecule has 2 unspecified atom stereocenters. The van der Waals surface area contributed by atoms with Crippen LogP contribution < -0.4 is 0 Å². The van der Waals surface area contributed by atoms with E-state index in [-0.39, 0.29) is 11.8 Å². The molecule has 1 saturated heterocycles. The lowest BCUT2D eigenvalue weighted by Gasteiger charge is -2.39. The van der Waals surface area contributed by atoms with Crippen LogP contribution in [-0.4, -0.2) is 46.9 Å². The van der Waals surface area contributed by atoms with Crippen molar-refractivity contribution in [2.75, 3.05) is 26.2 Å². The minimum absolute atomic E-state index is 0.0245. The van der Waals surface area contributed by atoms with E-state index in [1.54, 1.807) is 6.20 Å². The number of rotatable bonds is 5. The van der Waals surface area contributed by atoms with Crippen molar-refractivity contribution in [1.29, 1.82) is 0 Å². The molecule has 4 nitrogen and oxygen atoms in total. The number of carbonyl (C=O) groups is 1. The van der Waals surface area contributed by atoms with Crippen molar-refractivity contribution in [1.82, 2.24) is 14.8 Å². The maximum absolute atomic E-state index is 13.0. The Morgan fingerprint density at radius 2 is 1.72 bits per heavy atom. The highest BCUT2D eigenvalue weighted by atomic mass is 16.2. The predicted octanol–water partition coefficient (Wildman–Crippen LogP) is 3.48. The minimum Gasteiger partial charge on any atom is -0.340 e. The second-order valence-electron chi connectivity index (χ2n) is 6.70. The van der Waals surface area contributed by atoms with Crippen molar-refractivity contribution in [2.45, 2.75) is 32.2 Å². The van der Waals surface area contributed by atoms with Gasteiger partial charge in [0.1, 0.15) is 0 Å². The summed E-state index contributed by atoms with van der Waals surface area (Å²) >= 11 is 0. The average Bonchev–Trinajstić information content (AvgIpc) is 2.69. The maximum atomic E-state index is 13.0. The van der Waals surface area contributed by atoms with Crippen LogP contribution >= 0.6 is 0 Å². The van der Waals surface area contributed by atoms with Gasteiger partial charge in [-0.15, -0.1) is 0 Å². The molecular formula is C21H27N3O. The number of benzene rings is 1. The second-order valence-corrected chi connectivity index (χ2v) is 6.70. The number of amides is 1. The monoisotopic (exact) mass is 337 g/mol. The zero-order valence-corrected chi connectivity index (χ0v) is 15.1. The molecular weight excluding hydrogens is 310 g/mol. The number of carbonyl (C=O) groups excluding carboxylic acids is 1. The number of hydrogen-bond donors (Lipinski definition) is 0. The molecule has 0 N–H and O–H groups in total. The lowest BCUT2D eigenvalue weighted by molar-refractivity contribution is -0.135. The smallest absolute Gasteiger partial charge is 0.230 e. The molecule has 0 aliphatic carbocycles. The first kappa shape index (κ1) is 17.6. The standard InChI is InChI=1S/C21H27N3O/c1-3-20(18-8-5-4-6-9-18)21(25)24-14-12-23(13-15-24)17(2)19-10-7-11-22-16-19/h4-11,16-17,20H,3,12-15H2,1-2H3. The van der Waals surface area contributed by atoms with E-state index in [0.717, 1.165) is 38.2 Å². The highest BCUT2D eigenvalue weighted by Gasteiger charge is 2.29. The Morgan fingerprint density at radius 1 is 1.04 bits per heavy atom. The molecule has 0 spiro atoms. The Labute approximate surface area is 150 Å². The summed E-state index contributed by atoms with van der Waals surface area (Å²) in [6.45, 7) is 7.73. The Hall–Kier alpha value is -2.20. The fourth-order valence-corrected chi connectivity index (χ4v) is 3.62. The van der Waals surface area contributed by atoms with Gasteiger partial charge in [0, 0.05) is 44.6 Å². The first-order chi connectivity index (χ1) is 12.2. The number of nitrogens with zero attached hydrogens (tertiary/aromatic N) is 3. The predicted molar refractivity (Wildman–Crippen MR) is 100 cm³/mol. The van der Waals surface area contributed by atoms with E-state index in [4.69, 9.17) is 0 Å². The third-order valence-electron chi connectivity index (χ3n) is 5.25. The quantitative estimate of drug-likeness (QED) is 0.838. The van der Waals surface area contributed by atoms with E-state index in [1.807, 2.05) is 35.4 Å².